The molecule has 8 heteroatoms. The van der Waals surface area contributed by atoms with Gasteiger partial charge >= 0.3 is 0 Å². The molecule has 4 rings (SSSR count). The van der Waals surface area contributed by atoms with Crippen molar-refractivity contribution in [2.24, 2.45) is 5.92 Å². The van der Waals surface area contributed by atoms with Crippen molar-refractivity contribution in [2.45, 2.75) is 39.3 Å². The first-order valence-corrected chi connectivity index (χ1v) is 11.0. The van der Waals surface area contributed by atoms with E-state index in [1.54, 1.807) is 18.2 Å². The zero-order valence-corrected chi connectivity index (χ0v) is 18.2. The quantitative estimate of drug-likeness (QED) is 0.669. The minimum absolute atomic E-state index is 0.0197. The Labute approximate surface area is 182 Å². The van der Waals surface area contributed by atoms with Crippen molar-refractivity contribution in [3.8, 4) is 11.3 Å². The van der Waals surface area contributed by atoms with Crippen molar-refractivity contribution in [2.75, 3.05) is 44.4 Å². The number of halogens is 1. The highest BCUT2D eigenvalue weighted by atomic mass is 19.1. The second-order valence-corrected chi connectivity index (χ2v) is 8.40. The highest BCUT2D eigenvalue weighted by Gasteiger charge is 2.30. The van der Waals surface area contributed by atoms with Crippen molar-refractivity contribution in [3.63, 3.8) is 0 Å². The third kappa shape index (κ3) is 4.91. The number of anilines is 1. The van der Waals surface area contributed by atoms with Crippen molar-refractivity contribution in [3.05, 3.63) is 35.6 Å². The van der Waals surface area contributed by atoms with Gasteiger partial charge in [-0.2, -0.15) is 0 Å². The number of carbonyl (C=O) groups excluding carboxylic acids is 1. The third-order valence-electron chi connectivity index (χ3n) is 5.80. The summed E-state index contributed by atoms with van der Waals surface area (Å²) in [5, 5.41) is 4.24. The average molecular weight is 432 g/mol. The Kier molecular flexibility index (Phi) is 6.87. The Morgan fingerprint density at radius 2 is 2.03 bits per heavy atom. The number of benzene rings is 1. The summed E-state index contributed by atoms with van der Waals surface area (Å²) in [6.07, 6.45) is 1.95. The summed E-state index contributed by atoms with van der Waals surface area (Å²) in [4.78, 5) is 16.9. The lowest BCUT2D eigenvalue weighted by molar-refractivity contribution is -0.136. The molecule has 1 aromatic carbocycles. The van der Waals surface area contributed by atoms with Gasteiger partial charge in [0, 0.05) is 37.7 Å². The molecule has 7 nitrogen and oxygen atoms in total. The number of aromatic nitrogens is 1. The summed E-state index contributed by atoms with van der Waals surface area (Å²) in [5.74, 6) is 0.0796. The number of hydrogen-bond donors (Lipinski definition) is 0. The van der Waals surface area contributed by atoms with Crippen LogP contribution < -0.4 is 4.90 Å². The van der Waals surface area contributed by atoms with Gasteiger partial charge in [-0.25, -0.2) is 4.39 Å². The summed E-state index contributed by atoms with van der Waals surface area (Å²) in [5.41, 5.74) is 1.53. The maximum atomic E-state index is 14.6. The van der Waals surface area contributed by atoms with Crippen LogP contribution in [0.5, 0.6) is 0 Å². The first kappa shape index (κ1) is 21.8. The molecule has 0 bridgehead atoms. The standard InChI is InChI=1S/C23H30FN3O4/c1-16(2)22(28)27(14-17-6-5-11-30-17)15-19-21(18-7-3-4-8-20(18)24)25-31-23(19)26-9-12-29-13-10-26/h3-4,7-8,16-17H,5-6,9-15H2,1-2H3/t17-/m0/s1. The largest absolute Gasteiger partial charge is 0.378 e. The molecule has 1 atom stereocenters. The highest BCUT2D eigenvalue weighted by Crippen LogP contribution is 2.34. The normalized spacial score (nSPS) is 19.2. The van der Waals surface area contributed by atoms with Gasteiger partial charge in [-0.3, -0.25) is 4.79 Å². The molecular formula is C23H30FN3O4. The second kappa shape index (κ2) is 9.78. The van der Waals surface area contributed by atoms with Crippen LogP contribution in [0.15, 0.2) is 28.8 Å². The van der Waals surface area contributed by atoms with Gasteiger partial charge in [-0.1, -0.05) is 31.1 Å². The molecule has 3 heterocycles. The summed E-state index contributed by atoms with van der Waals surface area (Å²) < 4.78 is 31.6. The van der Waals surface area contributed by atoms with Gasteiger partial charge in [0.25, 0.3) is 0 Å². The molecule has 0 N–H and O–H groups in total. The molecular weight excluding hydrogens is 401 g/mol. The van der Waals surface area contributed by atoms with Crippen LogP contribution >= 0.6 is 0 Å². The van der Waals surface area contributed by atoms with Crippen LogP contribution in [0.25, 0.3) is 11.3 Å². The van der Waals surface area contributed by atoms with Crippen LogP contribution in [0.1, 0.15) is 32.3 Å². The molecule has 2 aromatic rings. The Bertz CT molecular complexity index is 889. The van der Waals surface area contributed by atoms with Gasteiger partial charge in [0.05, 0.1) is 31.4 Å². The maximum absolute atomic E-state index is 14.6. The lowest BCUT2D eigenvalue weighted by Crippen LogP contribution is -2.40. The molecule has 2 fully saturated rings. The molecule has 0 aliphatic carbocycles. The molecule has 0 unspecified atom stereocenters. The van der Waals surface area contributed by atoms with E-state index < -0.39 is 0 Å². The van der Waals surface area contributed by atoms with Crippen molar-refractivity contribution >= 4 is 11.8 Å². The van der Waals surface area contributed by atoms with E-state index in [9.17, 15) is 9.18 Å². The van der Waals surface area contributed by atoms with Gasteiger partial charge in [0.1, 0.15) is 11.5 Å². The van der Waals surface area contributed by atoms with Gasteiger partial charge in [0.2, 0.25) is 11.8 Å². The van der Waals surface area contributed by atoms with E-state index in [0.717, 1.165) is 25.0 Å². The number of nitrogens with zero attached hydrogens (tertiary/aromatic N) is 3. The van der Waals surface area contributed by atoms with Crippen molar-refractivity contribution < 1.29 is 23.2 Å². The highest BCUT2D eigenvalue weighted by molar-refractivity contribution is 5.79. The average Bonchev–Trinajstić information content (AvgIpc) is 3.44. The van der Waals surface area contributed by atoms with E-state index in [1.807, 2.05) is 18.7 Å². The molecule has 0 radical (unpaired) electrons. The van der Waals surface area contributed by atoms with Crippen LogP contribution in [0.3, 0.4) is 0 Å². The summed E-state index contributed by atoms with van der Waals surface area (Å²) >= 11 is 0. The summed E-state index contributed by atoms with van der Waals surface area (Å²) in [6, 6.07) is 6.52. The van der Waals surface area contributed by atoms with Crippen LogP contribution in [0.4, 0.5) is 10.3 Å². The van der Waals surface area contributed by atoms with E-state index in [2.05, 4.69) is 10.1 Å². The zero-order chi connectivity index (χ0) is 21.8. The number of morpholine rings is 1. The zero-order valence-electron chi connectivity index (χ0n) is 18.2. The van der Waals surface area contributed by atoms with Crippen LogP contribution in [-0.2, 0) is 20.8 Å². The molecule has 1 amide bonds. The van der Waals surface area contributed by atoms with Gasteiger partial charge < -0.3 is 23.8 Å². The molecule has 2 saturated heterocycles. The van der Waals surface area contributed by atoms with Gasteiger partial charge in [0.15, 0.2) is 0 Å². The smallest absolute Gasteiger partial charge is 0.233 e. The number of hydrogen-bond acceptors (Lipinski definition) is 6. The predicted octanol–water partition coefficient (Wildman–Crippen LogP) is 3.48. The third-order valence-corrected chi connectivity index (χ3v) is 5.80. The fraction of sp³-hybridized carbons (Fsp3) is 0.565. The fourth-order valence-electron chi connectivity index (χ4n) is 4.15. The first-order chi connectivity index (χ1) is 15.0. The molecule has 0 spiro atoms. The van der Waals surface area contributed by atoms with Crippen LogP contribution in [0, 0.1) is 11.7 Å². The van der Waals surface area contributed by atoms with E-state index >= 15 is 0 Å². The van der Waals surface area contributed by atoms with Crippen molar-refractivity contribution in [1.82, 2.24) is 10.1 Å². The van der Waals surface area contributed by atoms with Crippen LogP contribution in [-0.4, -0.2) is 61.5 Å². The molecule has 168 valence electrons. The minimum atomic E-state index is -0.369. The SMILES string of the molecule is CC(C)C(=O)N(Cc1c(-c2ccccc2F)noc1N1CCOCC1)C[C@@H]1CCCO1. The lowest BCUT2D eigenvalue weighted by atomic mass is 10.0. The topological polar surface area (TPSA) is 68.0 Å². The number of rotatable bonds is 7. The number of ether oxygens (including phenoxy) is 2. The van der Waals surface area contributed by atoms with E-state index in [1.165, 1.54) is 6.07 Å². The van der Waals surface area contributed by atoms with Crippen LogP contribution in [0.2, 0.25) is 0 Å². The first-order valence-electron chi connectivity index (χ1n) is 11.0. The minimum Gasteiger partial charge on any atom is -0.378 e. The second-order valence-electron chi connectivity index (χ2n) is 8.40. The van der Waals surface area contributed by atoms with E-state index in [0.29, 0.717) is 50.0 Å². The summed E-state index contributed by atoms with van der Waals surface area (Å²) in [6.45, 7) is 7.77. The Balaban J connectivity index is 1.71. The lowest BCUT2D eigenvalue weighted by Gasteiger charge is -2.30. The Hall–Kier alpha value is -2.45. The molecule has 31 heavy (non-hydrogen) atoms. The molecule has 2 aliphatic heterocycles. The monoisotopic (exact) mass is 431 g/mol. The maximum Gasteiger partial charge on any atom is 0.233 e. The van der Waals surface area contributed by atoms with Gasteiger partial charge in [-0.05, 0) is 25.0 Å². The Morgan fingerprint density at radius 3 is 2.71 bits per heavy atom. The van der Waals surface area contributed by atoms with Gasteiger partial charge in [-0.15, -0.1) is 0 Å². The van der Waals surface area contributed by atoms with E-state index in [4.69, 9.17) is 14.0 Å². The number of carbonyl (C=O) groups is 1. The Morgan fingerprint density at radius 1 is 1.26 bits per heavy atom. The molecule has 0 saturated carbocycles. The molecule has 1 aromatic heterocycles. The summed E-state index contributed by atoms with van der Waals surface area (Å²) in [7, 11) is 0. The molecule has 2 aliphatic rings. The van der Waals surface area contributed by atoms with E-state index in [-0.39, 0.29) is 30.3 Å². The number of amides is 1. The predicted molar refractivity (Wildman–Crippen MR) is 114 cm³/mol. The van der Waals surface area contributed by atoms with Crippen molar-refractivity contribution in [1.29, 1.82) is 0 Å². The fourth-order valence-corrected chi connectivity index (χ4v) is 4.15.